The Kier molecular flexibility index (Phi) is 8.32. The van der Waals surface area contributed by atoms with Crippen LogP contribution >= 0.6 is 0 Å². The highest BCUT2D eigenvalue weighted by Crippen LogP contribution is 2.12. The number of amides is 1. The number of halogens is 1. The molecule has 7 heteroatoms. The van der Waals surface area contributed by atoms with Crippen LogP contribution < -0.4 is 15.4 Å². The minimum atomic E-state index is -0.304. The molecule has 0 aliphatic heterocycles. The predicted molar refractivity (Wildman–Crippen MR) is 93.7 cm³/mol. The zero-order valence-corrected chi connectivity index (χ0v) is 14.4. The Balaban J connectivity index is 2.53. The van der Waals surface area contributed by atoms with Gasteiger partial charge in [0.15, 0.2) is 5.96 Å². The van der Waals surface area contributed by atoms with Crippen LogP contribution in [0.2, 0.25) is 0 Å². The molecule has 24 heavy (non-hydrogen) atoms. The molecular formula is C17H25FN4O2. The van der Waals surface area contributed by atoms with E-state index in [0.29, 0.717) is 24.8 Å². The van der Waals surface area contributed by atoms with Gasteiger partial charge in [0.25, 0.3) is 0 Å². The average Bonchev–Trinajstić information content (AvgIpc) is 2.55. The van der Waals surface area contributed by atoms with Crippen molar-refractivity contribution in [2.24, 2.45) is 4.99 Å². The molecule has 1 unspecified atom stereocenters. The number of hydrogen-bond donors (Lipinski definition) is 2. The normalized spacial score (nSPS) is 12.2. The van der Waals surface area contributed by atoms with E-state index in [-0.39, 0.29) is 24.4 Å². The molecule has 0 saturated carbocycles. The molecule has 0 fully saturated rings. The average molecular weight is 336 g/mol. The van der Waals surface area contributed by atoms with E-state index in [1.54, 1.807) is 32.3 Å². The number of aliphatic imine (C=N–C) groups is 1. The van der Waals surface area contributed by atoms with Crippen LogP contribution in [-0.2, 0) is 4.79 Å². The van der Waals surface area contributed by atoms with Crippen molar-refractivity contribution in [1.29, 1.82) is 0 Å². The highest BCUT2D eigenvalue weighted by atomic mass is 19.1. The highest BCUT2D eigenvalue weighted by Gasteiger charge is 2.07. The molecule has 0 aliphatic carbocycles. The first-order valence-corrected chi connectivity index (χ1v) is 7.67. The van der Waals surface area contributed by atoms with Gasteiger partial charge < -0.3 is 20.3 Å². The quantitative estimate of drug-likeness (QED) is 0.428. The summed E-state index contributed by atoms with van der Waals surface area (Å²) < 4.78 is 18.6. The zero-order valence-electron chi connectivity index (χ0n) is 14.4. The second-order valence-electron chi connectivity index (χ2n) is 5.39. The van der Waals surface area contributed by atoms with Gasteiger partial charge in [-0.3, -0.25) is 4.79 Å². The number of rotatable bonds is 8. The van der Waals surface area contributed by atoms with Crippen LogP contribution in [0.5, 0.6) is 5.75 Å². The van der Waals surface area contributed by atoms with Crippen molar-refractivity contribution < 1.29 is 13.9 Å². The lowest BCUT2D eigenvalue weighted by Gasteiger charge is -2.18. The van der Waals surface area contributed by atoms with Gasteiger partial charge in [-0.15, -0.1) is 6.58 Å². The lowest BCUT2D eigenvalue weighted by molar-refractivity contribution is -0.127. The van der Waals surface area contributed by atoms with Gasteiger partial charge in [-0.25, -0.2) is 9.38 Å². The van der Waals surface area contributed by atoms with Crippen molar-refractivity contribution in [2.75, 3.05) is 33.7 Å². The van der Waals surface area contributed by atoms with Gasteiger partial charge in [0.2, 0.25) is 5.91 Å². The molecule has 2 N–H and O–H groups in total. The van der Waals surface area contributed by atoms with Crippen LogP contribution in [0.3, 0.4) is 0 Å². The van der Waals surface area contributed by atoms with E-state index < -0.39 is 0 Å². The third-order valence-electron chi connectivity index (χ3n) is 2.99. The third kappa shape index (κ3) is 7.62. The largest absolute Gasteiger partial charge is 0.489 e. The maximum atomic E-state index is 12.9. The molecule has 1 aromatic carbocycles. The first kappa shape index (κ1) is 19.5. The maximum Gasteiger partial charge on any atom is 0.243 e. The topological polar surface area (TPSA) is 66.0 Å². The summed E-state index contributed by atoms with van der Waals surface area (Å²) in [5.41, 5.74) is 0. The number of nitrogens with one attached hydrogen (secondary N) is 2. The predicted octanol–water partition coefficient (Wildman–Crippen LogP) is 1.40. The van der Waals surface area contributed by atoms with Gasteiger partial charge in [0.1, 0.15) is 24.2 Å². The lowest BCUT2D eigenvalue weighted by atomic mass is 10.3. The second kappa shape index (κ2) is 10.3. The Bertz CT molecular complexity index is 558. The number of benzene rings is 1. The van der Waals surface area contributed by atoms with E-state index in [4.69, 9.17) is 4.74 Å². The van der Waals surface area contributed by atoms with Crippen LogP contribution in [0.4, 0.5) is 4.39 Å². The first-order valence-electron chi connectivity index (χ1n) is 7.67. The molecule has 1 atom stereocenters. The van der Waals surface area contributed by atoms with Crippen LogP contribution in [0, 0.1) is 5.82 Å². The molecule has 0 radical (unpaired) electrons. The molecule has 132 valence electrons. The summed E-state index contributed by atoms with van der Waals surface area (Å²) in [6.45, 7) is 6.56. The molecule has 6 nitrogen and oxygen atoms in total. The fourth-order valence-corrected chi connectivity index (χ4v) is 1.66. The first-order chi connectivity index (χ1) is 11.4. The molecular weight excluding hydrogens is 311 g/mol. The molecule has 0 saturated heterocycles. The van der Waals surface area contributed by atoms with E-state index in [0.717, 1.165) is 0 Å². The SMILES string of the molecule is C=CCNC(=NCC(=O)N(C)C)NCC(C)Oc1ccc(F)cc1. The Hall–Kier alpha value is -2.57. The highest BCUT2D eigenvalue weighted by molar-refractivity contribution is 5.84. The van der Waals surface area contributed by atoms with Gasteiger partial charge in [-0.2, -0.15) is 0 Å². The van der Waals surface area contributed by atoms with Crippen molar-refractivity contribution in [2.45, 2.75) is 13.0 Å². The van der Waals surface area contributed by atoms with Crippen molar-refractivity contribution in [3.63, 3.8) is 0 Å². The van der Waals surface area contributed by atoms with Crippen LogP contribution in [-0.4, -0.2) is 56.6 Å². The fraction of sp³-hybridized carbons (Fsp3) is 0.412. The van der Waals surface area contributed by atoms with Crippen molar-refractivity contribution >= 4 is 11.9 Å². The van der Waals surface area contributed by atoms with Gasteiger partial charge >= 0.3 is 0 Å². The fourth-order valence-electron chi connectivity index (χ4n) is 1.66. The number of nitrogens with zero attached hydrogens (tertiary/aromatic N) is 2. The Labute approximate surface area is 142 Å². The molecule has 0 bridgehead atoms. The molecule has 0 heterocycles. The van der Waals surface area contributed by atoms with Crippen LogP contribution in [0.15, 0.2) is 41.9 Å². The van der Waals surface area contributed by atoms with Gasteiger partial charge in [-0.1, -0.05) is 6.08 Å². The van der Waals surface area contributed by atoms with E-state index in [2.05, 4.69) is 22.2 Å². The number of carbonyl (C=O) groups is 1. The minimum absolute atomic E-state index is 0.0483. The Morgan fingerprint density at radius 1 is 1.38 bits per heavy atom. The van der Waals surface area contributed by atoms with E-state index in [9.17, 15) is 9.18 Å². The second-order valence-corrected chi connectivity index (χ2v) is 5.39. The van der Waals surface area contributed by atoms with Crippen molar-refractivity contribution in [3.05, 3.63) is 42.7 Å². The Morgan fingerprint density at radius 3 is 2.62 bits per heavy atom. The molecule has 1 amide bonds. The smallest absolute Gasteiger partial charge is 0.243 e. The van der Waals surface area contributed by atoms with Gasteiger partial charge in [-0.05, 0) is 31.2 Å². The summed E-state index contributed by atoms with van der Waals surface area (Å²) in [4.78, 5) is 17.3. The summed E-state index contributed by atoms with van der Waals surface area (Å²) in [6.07, 6.45) is 1.53. The van der Waals surface area contributed by atoms with E-state index in [1.807, 2.05) is 6.92 Å². The van der Waals surface area contributed by atoms with E-state index in [1.165, 1.54) is 17.0 Å². The minimum Gasteiger partial charge on any atom is -0.489 e. The van der Waals surface area contributed by atoms with Gasteiger partial charge in [0, 0.05) is 20.6 Å². The molecule has 0 spiro atoms. The molecule has 1 rings (SSSR count). The summed E-state index contributed by atoms with van der Waals surface area (Å²) in [5, 5.41) is 6.14. The maximum absolute atomic E-state index is 12.9. The molecule has 0 aliphatic rings. The Morgan fingerprint density at radius 2 is 2.04 bits per heavy atom. The third-order valence-corrected chi connectivity index (χ3v) is 2.99. The number of likely N-dealkylation sites (N-methyl/N-ethyl adjacent to an activating group) is 1. The number of ether oxygens (including phenoxy) is 1. The van der Waals surface area contributed by atoms with Crippen molar-refractivity contribution in [3.8, 4) is 5.75 Å². The standard InChI is InChI=1S/C17H25FN4O2/c1-5-10-19-17(21-12-16(23)22(3)4)20-11-13(2)24-15-8-6-14(18)7-9-15/h5-9,13H,1,10-12H2,2-4H3,(H2,19,20,21). The number of hydrogen-bond acceptors (Lipinski definition) is 3. The van der Waals surface area contributed by atoms with Crippen LogP contribution in [0.25, 0.3) is 0 Å². The lowest BCUT2D eigenvalue weighted by Crippen LogP contribution is -2.42. The zero-order chi connectivity index (χ0) is 17.9. The molecule has 1 aromatic rings. The summed E-state index contributed by atoms with van der Waals surface area (Å²) >= 11 is 0. The monoisotopic (exact) mass is 336 g/mol. The molecule has 0 aromatic heterocycles. The summed E-state index contributed by atoms with van der Waals surface area (Å²) in [7, 11) is 3.36. The summed E-state index contributed by atoms with van der Waals surface area (Å²) in [5.74, 6) is 0.692. The van der Waals surface area contributed by atoms with Crippen LogP contribution in [0.1, 0.15) is 6.92 Å². The summed E-state index contributed by atoms with van der Waals surface area (Å²) in [6, 6.07) is 5.85. The van der Waals surface area contributed by atoms with Crippen molar-refractivity contribution in [1.82, 2.24) is 15.5 Å². The number of guanidine groups is 1. The van der Waals surface area contributed by atoms with E-state index >= 15 is 0 Å². The van der Waals surface area contributed by atoms with Gasteiger partial charge in [0.05, 0.1) is 6.54 Å². The number of carbonyl (C=O) groups excluding carboxylic acids is 1.